The highest BCUT2D eigenvalue weighted by Gasteiger charge is 2.09. The first-order valence-electron chi connectivity index (χ1n) is 7.01. The van der Waals surface area contributed by atoms with Crippen molar-refractivity contribution in [2.24, 2.45) is 5.92 Å². The summed E-state index contributed by atoms with van der Waals surface area (Å²) < 4.78 is 0. The Balaban J connectivity index is 2.62. The molecule has 3 nitrogen and oxygen atoms in total. The molecule has 0 heterocycles. The molecule has 1 rings (SSSR count). The van der Waals surface area contributed by atoms with Gasteiger partial charge in [-0.3, -0.25) is 4.79 Å². The first-order valence-corrected chi connectivity index (χ1v) is 7.01. The average molecular weight is 262 g/mol. The Morgan fingerprint density at radius 3 is 2.58 bits per heavy atom. The number of anilines is 2. The smallest absolute Gasteiger partial charge is 0.224 e. The molecule has 0 saturated heterocycles. The lowest BCUT2D eigenvalue weighted by Crippen LogP contribution is -2.16. The molecular weight excluding hydrogens is 236 g/mol. The highest BCUT2D eigenvalue weighted by Crippen LogP contribution is 2.22. The van der Waals surface area contributed by atoms with Crippen molar-refractivity contribution in [3.63, 3.8) is 0 Å². The molecule has 1 aromatic carbocycles. The summed E-state index contributed by atoms with van der Waals surface area (Å²) >= 11 is 0. The molecule has 1 unspecified atom stereocenters. The van der Waals surface area contributed by atoms with Crippen LogP contribution in [0.2, 0.25) is 0 Å². The molecule has 0 aliphatic rings. The second kappa shape index (κ2) is 7.17. The normalized spacial score (nSPS) is 12.1. The summed E-state index contributed by atoms with van der Waals surface area (Å²) in [4.78, 5) is 14.0. The second-order valence-electron chi connectivity index (χ2n) is 5.54. The van der Waals surface area contributed by atoms with Crippen molar-refractivity contribution >= 4 is 17.3 Å². The molecule has 19 heavy (non-hydrogen) atoms. The Labute approximate surface area is 117 Å². The van der Waals surface area contributed by atoms with Crippen LogP contribution in [-0.4, -0.2) is 20.0 Å². The van der Waals surface area contributed by atoms with Gasteiger partial charge in [-0.15, -0.1) is 0 Å². The van der Waals surface area contributed by atoms with Gasteiger partial charge >= 0.3 is 0 Å². The van der Waals surface area contributed by atoms with Gasteiger partial charge in [0.05, 0.1) is 0 Å². The van der Waals surface area contributed by atoms with Crippen LogP contribution in [0.15, 0.2) is 18.2 Å². The zero-order chi connectivity index (χ0) is 14.4. The fourth-order valence-corrected chi connectivity index (χ4v) is 2.36. The summed E-state index contributed by atoms with van der Waals surface area (Å²) in [5.41, 5.74) is 3.23. The van der Waals surface area contributed by atoms with E-state index in [1.807, 2.05) is 32.3 Å². The highest BCUT2D eigenvalue weighted by molar-refractivity contribution is 5.91. The number of rotatable bonds is 6. The van der Waals surface area contributed by atoms with E-state index in [0.29, 0.717) is 12.3 Å². The van der Waals surface area contributed by atoms with Crippen LogP contribution in [0.5, 0.6) is 0 Å². The van der Waals surface area contributed by atoms with E-state index in [2.05, 4.69) is 31.0 Å². The minimum absolute atomic E-state index is 0.109. The standard InChI is InChI=1S/C16H26N2O/c1-6-7-12(2)10-16(19)17-14-8-9-15(18(4)5)13(3)11-14/h8-9,11-12H,6-7,10H2,1-5H3,(H,17,19). The van der Waals surface area contributed by atoms with Gasteiger partial charge in [-0.05, 0) is 36.6 Å². The summed E-state index contributed by atoms with van der Waals surface area (Å²) in [6.45, 7) is 6.34. The molecule has 0 fully saturated rings. The lowest BCUT2D eigenvalue weighted by atomic mass is 10.0. The van der Waals surface area contributed by atoms with Crippen molar-refractivity contribution in [1.29, 1.82) is 0 Å². The zero-order valence-electron chi connectivity index (χ0n) is 12.8. The first kappa shape index (κ1) is 15.5. The van der Waals surface area contributed by atoms with E-state index >= 15 is 0 Å². The fraction of sp³-hybridized carbons (Fsp3) is 0.562. The van der Waals surface area contributed by atoms with Crippen LogP contribution in [0.25, 0.3) is 0 Å². The predicted molar refractivity (Wildman–Crippen MR) is 82.8 cm³/mol. The van der Waals surface area contributed by atoms with Crippen LogP contribution in [-0.2, 0) is 4.79 Å². The van der Waals surface area contributed by atoms with Crippen LogP contribution in [0.1, 0.15) is 38.7 Å². The van der Waals surface area contributed by atoms with Crippen LogP contribution in [0.3, 0.4) is 0 Å². The minimum atomic E-state index is 0.109. The van der Waals surface area contributed by atoms with Gasteiger partial charge < -0.3 is 10.2 Å². The van der Waals surface area contributed by atoms with Gasteiger partial charge in [0, 0.05) is 31.9 Å². The minimum Gasteiger partial charge on any atom is -0.377 e. The number of benzene rings is 1. The Morgan fingerprint density at radius 2 is 2.05 bits per heavy atom. The quantitative estimate of drug-likeness (QED) is 0.845. The molecule has 1 aromatic rings. The third kappa shape index (κ3) is 4.93. The highest BCUT2D eigenvalue weighted by atomic mass is 16.1. The lowest BCUT2D eigenvalue weighted by molar-refractivity contribution is -0.117. The maximum absolute atomic E-state index is 11.9. The average Bonchev–Trinajstić information content (AvgIpc) is 2.28. The van der Waals surface area contributed by atoms with E-state index < -0.39 is 0 Å². The van der Waals surface area contributed by atoms with E-state index in [4.69, 9.17) is 0 Å². The summed E-state index contributed by atoms with van der Waals surface area (Å²) in [7, 11) is 4.04. The van der Waals surface area contributed by atoms with E-state index in [1.165, 1.54) is 11.3 Å². The Bertz CT molecular complexity index is 427. The topological polar surface area (TPSA) is 32.3 Å². The Morgan fingerprint density at radius 1 is 1.37 bits per heavy atom. The molecule has 0 aromatic heterocycles. The number of carbonyl (C=O) groups excluding carboxylic acids is 1. The lowest BCUT2D eigenvalue weighted by Gasteiger charge is -2.17. The van der Waals surface area contributed by atoms with Crippen LogP contribution in [0.4, 0.5) is 11.4 Å². The molecular formula is C16H26N2O. The van der Waals surface area contributed by atoms with Gasteiger partial charge in [0.15, 0.2) is 0 Å². The van der Waals surface area contributed by atoms with Crippen LogP contribution < -0.4 is 10.2 Å². The fourth-order valence-electron chi connectivity index (χ4n) is 2.36. The van der Waals surface area contributed by atoms with Crippen LogP contribution >= 0.6 is 0 Å². The molecule has 0 aliphatic carbocycles. The summed E-state index contributed by atoms with van der Waals surface area (Å²) in [6, 6.07) is 6.03. The molecule has 0 radical (unpaired) electrons. The maximum atomic E-state index is 11.9. The maximum Gasteiger partial charge on any atom is 0.224 e. The van der Waals surface area contributed by atoms with E-state index in [9.17, 15) is 4.79 Å². The van der Waals surface area contributed by atoms with Crippen molar-refractivity contribution < 1.29 is 4.79 Å². The van der Waals surface area contributed by atoms with Gasteiger partial charge in [0.25, 0.3) is 0 Å². The van der Waals surface area contributed by atoms with Gasteiger partial charge in [-0.25, -0.2) is 0 Å². The van der Waals surface area contributed by atoms with Crippen molar-refractivity contribution in [2.45, 2.75) is 40.0 Å². The number of nitrogens with zero attached hydrogens (tertiary/aromatic N) is 1. The summed E-state index contributed by atoms with van der Waals surface area (Å²) in [6.07, 6.45) is 2.83. The zero-order valence-corrected chi connectivity index (χ0v) is 12.8. The number of hydrogen-bond donors (Lipinski definition) is 1. The monoisotopic (exact) mass is 262 g/mol. The molecule has 1 N–H and O–H groups in total. The second-order valence-corrected chi connectivity index (χ2v) is 5.54. The Kier molecular flexibility index (Phi) is 5.87. The third-order valence-corrected chi connectivity index (χ3v) is 3.28. The number of hydrogen-bond acceptors (Lipinski definition) is 2. The van der Waals surface area contributed by atoms with E-state index in [0.717, 1.165) is 18.5 Å². The van der Waals surface area contributed by atoms with E-state index in [-0.39, 0.29) is 5.91 Å². The van der Waals surface area contributed by atoms with Crippen molar-refractivity contribution in [2.75, 3.05) is 24.3 Å². The van der Waals surface area contributed by atoms with Gasteiger partial charge in [0.2, 0.25) is 5.91 Å². The largest absolute Gasteiger partial charge is 0.377 e. The molecule has 106 valence electrons. The van der Waals surface area contributed by atoms with E-state index in [1.54, 1.807) is 0 Å². The van der Waals surface area contributed by atoms with Gasteiger partial charge in [-0.2, -0.15) is 0 Å². The third-order valence-electron chi connectivity index (χ3n) is 3.28. The molecule has 1 amide bonds. The summed E-state index contributed by atoms with van der Waals surface area (Å²) in [5.74, 6) is 0.560. The molecule has 0 bridgehead atoms. The molecule has 0 aliphatic heterocycles. The number of nitrogens with one attached hydrogen (secondary N) is 1. The van der Waals surface area contributed by atoms with Crippen LogP contribution in [0, 0.1) is 12.8 Å². The SMILES string of the molecule is CCCC(C)CC(=O)Nc1ccc(N(C)C)c(C)c1. The van der Waals surface area contributed by atoms with Gasteiger partial charge in [0.1, 0.15) is 0 Å². The molecule has 3 heteroatoms. The Hall–Kier alpha value is -1.51. The molecule has 0 saturated carbocycles. The number of aryl methyl sites for hydroxylation is 1. The number of amides is 1. The molecule has 0 spiro atoms. The predicted octanol–water partition coefficient (Wildman–Crippen LogP) is 3.83. The van der Waals surface area contributed by atoms with Crippen molar-refractivity contribution in [3.8, 4) is 0 Å². The first-order chi connectivity index (χ1) is 8.93. The van der Waals surface area contributed by atoms with Crippen molar-refractivity contribution in [1.82, 2.24) is 0 Å². The van der Waals surface area contributed by atoms with Gasteiger partial charge in [-0.1, -0.05) is 26.7 Å². The summed E-state index contributed by atoms with van der Waals surface area (Å²) in [5, 5.41) is 2.98. The number of carbonyl (C=O) groups is 1. The van der Waals surface area contributed by atoms with Crippen molar-refractivity contribution in [3.05, 3.63) is 23.8 Å². The molecule has 1 atom stereocenters.